The summed E-state index contributed by atoms with van der Waals surface area (Å²) in [5.74, 6) is -4.78. The molecule has 0 aliphatic carbocycles. The van der Waals surface area contributed by atoms with Crippen LogP contribution in [0.2, 0.25) is 0 Å². The van der Waals surface area contributed by atoms with Gasteiger partial charge in [0.2, 0.25) is 5.91 Å². The van der Waals surface area contributed by atoms with Gasteiger partial charge in [0.15, 0.2) is 17.5 Å². The van der Waals surface area contributed by atoms with Gasteiger partial charge in [-0.25, -0.2) is 13.2 Å². The molecule has 0 heterocycles. The third kappa shape index (κ3) is 4.07. The predicted octanol–water partition coefficient (Wildman–Crippen LogP) is 4.84. The number of thioether (sulfide) groups is 1. The van der Waals surface area contributed by atoms with Gasteiger partial charge in [-0.1, -0.05) is 17.7 Å². The van der Waals surface area contributed by atoms with E-state index in [1.54, 1.807) is 6.92 Å². The molecule has 1 N–H and O–H groups in total. The molecule has 0 radical (unpaired) electrons. The number of hydrogen-bond donors (Lipinski definition) is 1. The van der Waals surface area contributed by atoms with Crippen LogP contribution in [0, 0.1) is 31.3 Å². The average molecular weight is 339 g/mol. The third-order valence-corrected chi connectivity index (χ3v) is 4.58. The fraction of sp³-hybridized carbons (Fsp3) is 0.235. The second kappa shape index (κ2) is 7.08. The molecule has 0 unspecified atom stereocenters. The Morgan fingerprint density at radius 1 is 1.09 bits per heavy atom. The maximum Gasteiger partial charge on any atom is 0.237 e. The zero-order valence-corrected chi connectivity index (χ0v) is 13.7. The monoisotopic (exact) mass is 339 g/mol. The van der Waals surface area contributed by atoms with Crippen LogP contribution in [0.5, 0.6) is 0 Å². The molecule has 2 rings (SSSR count). The van der Waals surface area contributed by atoms with E-state index in [1.807, 2.05) is 32.0 Å². The zero-order valence-electron chi connectivity index (χ0n) is 12.9. The molecule has 2 aromatic rings. The maximum atomic E-state index is 13.6. The predicted molar refractivity (Wildman–Crippen MR) is 86.2 cm³/mol. The minimum atomic E-state index is -1.60. The van der Waals surface area contributed by atoms with E-state index < -0.39 is 28.6 Å². The van der Waals surface area contributed by atoms with Gasteiger partial charge in [-0.2, -0.15) is 0 Å². The quantitative estimate of drug-likeness (QED) is 0.638. The van der Waals surface area contributed by atoms with Crippen molar-refractivity contribution in [2.24, 2.45) is 0 Å². The number of benzene rings is 2. The molecule has 6 heteroatoms. The van der Waals surface area contributed by atoms with E-state index in [2.05, 4.69) is 5.32 Å². The van der Waals surface area contributed by atoms with Crippen molar-refractivity contribution in [3.63, 3.8) is 0 Å². The first-order valence-corrected chi connectivity index (χ1v) is 7.86. The lowest BCUT2D eigenvalue weighted by molar-refractivity contribution is -0.115. The Bertz CT molecular complexity index is 749. The summed E-state index contributed by atoms with van der Waals surface area (Å²) >= 11 is 1.32. The van der Waals surface area contributed by atoms with Gasteiger partial charge in [0.25, 0.3) is 0 Å². The fourth-order valence-electron chi connectivity index (χ4n) is 2.03. The van der Waals surface area contributed by atoms with Crippen LogP contribution in [0.4, 0.5) is 18.9 Å². The van der Waals surface area contributed by atoms with E-state index in [0.717, 1.165) is 28.2 Å². The van der Waals surface area contributed by atoms with Gasteiger partial charge in [0, 0.05) is 4.90 Å². The molecule has 23 heavy (non-hydrogen) atoms. The number of rotatable bonds is 4. The van der Waals surface area contributed by atoms with Crippen LogP contribution in [-0.4, -0.2) is 11.2 Å². The summed E-state index contributed by atoms with van der Waals surface area (Å²) in [5.41, 5.74) is 1.78. The highest BCUT2D eigenvalue weighted by Crippen LogP contribution is 2.28. The summed E-state index contributed by atoms with van der Waals surface area (Å²) in [5, 5.41) is 1.76. The molecular formula is C17H16F3NOS. The lowest BCUT2D eigenvalue weighted by Crippen LogP contribution is -2.23. The number of halogens is 3. The molecule has 0 aliphatic rings. The Morgan fingerprint density at radius 3 is 2.43 bits per heavy atom. The molecule has 0 spiro atoms. The molecule has 0 bridgehead atoms. The second-order valence-electron chi connectivity index (χ2n) is 5.24. The van der Waals surface area contributed by atoms with Crippen LogP contribution in [0.3, 0.4) is 0 Å². The summed E-state index contributed by atoms with van der Waals surface area (Å²) in [6.45, 7) is 5.58. The molecular weight excluding hydrogens is 323 g/mol. The Balaban J connectivity index is 2.10. The van der Waals surface area contributed by atoms with Crippen LogP contribution in [0.25, 0.3) is 0 Å². The molecule has 0 aliphatic heterocycles. The largest absolute Gasteiger partial charge is 0.323 e. The first-order chi connectivity index (χ1) is 10.8. The van der Waals surface area contributed by atoms with Crippen molar-refractivity contribution in [1.82, 2.24) is 0 Å². The normalized spacial score (nSPS) is 12.1. The second-order valence-corrected chi connectivity index (χ2v) is 6.62. The number of anilines is 1. The molecule has 2 aromatic carbocycles. The minimum absolute atomic E-state index is 0.373. The average Bonchev–Trinajstić information content (AvgIpc) is 2.50. The lowest BCUT2D eigenvalue weighted by atomic mass is 10.2. The molecule has 1 amide bonds. The van der Waals surface area contributed by atoms with Crippen LogP contribution < -0.4 is 5.32 Å². The molecule has 1 atom stereocenters. The van der Waals surface area contributed by atoms with Gasteiger partial charge < -0.3 is 5.32 Å². The van der Waals surface area contributed by atoms with Crippen molar-refractivity contribution in [3.05, 3.63) is 58.9 Å². The molecule has 2 nitrogen and oxygen atoms in total. The third-order valence-electron chi connectivity index (χ3n) is 3.30. The van der Waals surface area contributed by atoms with Crippen LogP contribution in [-0.2, 0) is 4.79 Å². The standard InChI is InChI=1S/C17H16F3NOS/c1-9-4-7-14(10(2)8-9)23-11(3)17(22)21-13-6-5-12(18)15(19)16(13)20/h4-8,11H,1-3H3,(H,21,22)/t11-/m1/s1. The number of carbonyl (C=O) groups is 1. The first kappa shape index (κ1) is 17.4. The van der Waals surface area contributed by atoms with E-state index >= 15 is 0 Å². The van der Waals surface area contributed by atoms with Crippen molar-refractivity contribution in [2.45, 2.75) is 30.9 Å². The number of aryl methyl sites for hydroxylation is 2. The van der Waals surface area contributed by atoms with Crippen molar-refractivity contribution in [3.8, 4) is 0 Å². The van der Waals surface area contributed by atoms with E-state index in [-0.39, 0.29) is 5.69 Å². The van der Waals surface area contributed by atoms with Gasteiger partial charge in [-0.15, -0.1) is 11.8 Å². The van der Waals surface area contributed by atoms with Gasteiger partial charge in [0.05, 0.1) is 10.9 Å². The Hall–Kier alpha value is -1.95. The van der Waals surface area contributed by atoms with E-state index in [1.165, 1.54) is 11.8 Å². The van der Waals surface area contributed by atoms with Crippen LogP contribution in [0.1, 0.15) is 18.1 Å². The van der Waals surface area contributed by atoms with E-state index in [4.69, 9.17) is 0 Å². The van der Waals surface area contributed by atoms with E-state index in [0.29, 0.717) is 0 Å². The van der Waals surface area contributed by atoms with Gasteiger partial charge in [-0.3, -0.25) is 4.79 Å². The van der Waals surface area contributed by atoms with Gasteiger partial charge in [-0.05, 0) is 44.5 Å². The zero-order chi connectivity index (χ0) is 17.1. The Kier molecular flexibility index (Phi) is 5.36. The fourth-order valence-corrected chi connectivity index (χ4v) is 2.97. The highest BCUT2D eigenvalue weighted by molar-refractivity contribution is 8.00. The van der Waals surface area contributed by atoms with Crippen LogP contribution in [0.15, 0.2) is 35.2 Å². The number of nitrogens with one attached hydrogen (secondary N) is 1. The number of carbonyl (C=O) groups excluding carboxylic acids is 1. The van der Waals surface area contributed by atoms with Gasteiger partial charge >= 0.3 is 0 Å². The number of amides is 1. The van der Waals surface area contributed by atoms with Gasteiger partial charge in [0.1, 0.15) is 0 Å². The summed E-state index contributed by atoms with van der Waals surface area (Å²) < 4.78 is 39.6. The maximum absolute atomic E-state index is 13.6. The first-order valence-electron chi connectivity index (χ1n) is 6.98. The molecule has 0 aromatic heterocycles. The van der Waals surface area contributed by atoms with Crippen LogP contribution >= 0.6 is 11.8 Å². The van der Waals surface area contributed by atoms with Crippen molar-refractivity contribution in [2.75, 3.05) is 5.32 Å². The van der Waals surface area contributed by atoms with Crippen molar-refractivity contribution in [1.29, 1.82) is 0 Å². The highest BCUT2D eigenvalue weighted by atomic mass is 32.2. The Morgan fingerprint density at radius 2 is 1.78 bits per heavy atom. The smallest absolute Gasteiger partial charge is 0.237 e. The Labute approximate surface area is 137 Å². The highest BCUT2D eigenvalue weighted by Gasteiger charge is 2.19. The lowest BCUT2D eigenvalue weighted by Gasteiger charge is -2.14. The molecule has 0 fully saturated rings. The molecule has 0 saturated heterocycles. The minimum Gasteiger partial charge on any atom is -0.323 e. The molecule has 0 saturated carbocycles. The topological polar surface area (TPSA) is 29.1 Å². The summed E-state index contributed by atoms with van der Waals surface area (Å²) in [7, 11) is 0. The summed E-state index contributed by atoms with van der Waals surface area (Å²) in [6.07, 6.45) is 0. The van der Waals surface area contributed by atoms with Crippen molar-refractivity contribution < 1.29 is 18.0 Å². The number of hydrogen-bond acceptors (Lipinski definition) is 2. The summed E-state index contributed by atoms with van der Waals surface area (Å²) in [4.78, 5) is 13.1. The van der Waals surface area contributed by atoms with Crippen molar-refractivity contribution >= 4 is 23.4 Å². The SMILES string of the molecule is Cc1ccc(S[C@H](C)C(=O)Nc2ccc(F)c(F)c2F)c(C)c1. The van der Waals surface area contributed by atoms with E-state index in [9.17, 15) is 18.0 Å². The molecule has 122 valence electrons. The summed E-state index contributed by atoms with van der Waals surface area (Å²) in [6, 6.07) is 7.63.